The van der Waals surface area contributed by atoms with Crippen LogP contribution in [0, 0.1) is 0 Å². The molecular formula is C14H15Cl2F3N2O2S. The summed E-state index contributed by atoms with van der Waals surface area (Å²) >= 11 is 11.2. The van der Waals surface area contributed by atoms with Gasteiger partial charge in [-0.05, 0) is 18.2 Å². The van der Waals surface area contributed by atoms with Crippen LogP contribution >= 0.6 is 23.2 Å². The van der Waals surface area contributed by atoms with Crippen LogP contribution in [-0.2, 0) is 16.2 Å². The minimum atomic E-state index is -4.72. The Morgan fingerprint density at radius 2 is 1.79 bits per heavy atom. The van der Waals surface area contributed by atoms with Gasteiger partial charge in [-0.15, -0.1) is 0 Å². The second kappa shape index (κ2) is 7.21. The Bertz CT molecular complexity index is 730. The summed E-state index contributed by atoms with van der Waals surface area (Å²) in [5.74, 6) is 0. The van der Waals surface area contributed by atoms with Gasteiger partial charge in [0.15, 0.2) is 0 Å². The molecule has 0 aliphatic carbocycles. The highest BCUT2D eigenvalue weighted by molar-refractivity contribution is 7.89. The third kappa shape index (κ3) is 4.43. The molecule has 0 radical (unpaired) electrons. The van der Waals surface area contributed by atoms with Crippen molar-refractivity contribution < 1.29 is 21.6 Å². The third-order valence-corrected chi connectivity index (χ3v) is 5.95. The van der Waals surface area contributed by atoms with Gasteiger partial charge in [0.25, 0.3) is 0 Å². The number of sulfonamides is 1. The van der Waals surface area contributed by atoms with E-state index in [-0.39, 0.29) is 13.1 Å². The van der Waals surface area contributed by atoms with Crippen molar-refractivity contribution in [3.8, 4) is 0 Å². The molecule has 24 heavy (non-hydrogen) atoms. The van der Waals surface area contributed by atoms with Crippen LogP contribution in [-0.4, -0.2) is 50.3 Å². The maximum absolute atomic E-state index is 12.9. The number of benzene rings is 1. The number of alkyl halides is 3. The molecule has 10 heteroatoms. The summed E-state index contributed by atoms with van der Waals surface area (Å²) in [6, 6.07) is 2.61. The lowest BCUT2D eigenvalue weighted by Gasteiger charge is -2.33. The molecule has 134 valence electrons. The fraction of sp³-hybridized carbons (Fsp3) is 0.429. The first-order chi connectivity index (χ1) is 11.0. The maximum Gasteiger partial charge on any atom is 0.417 e. The van der Waals surface area contributed by atoms with Gasteiger partial charge >= 0.3 is 6.18 Å². The minimum absolute atomic E-state index is 0.163. The Morgan fingerprint density at radius 3 is 2.29 bits per heavy atom. The van der Waals surface area contributed by atoms with Gasteiger partial charge in [0.05, 0.1) is 15.5 Å². The molecule has 1 saturated heterocycles. The molecular weight excluding hydrogens is 388 g/mol. The highest BCUT2D eigenvalue weighted by Crippen LogP contribution is 2.36. The number of halogens is 5. The van der Waals surface area contributed by atoms with E-state index in [1.54, 1.807) is 0 Å². The molecule has 1 aliphatic heterocycles. The number of nitrogens with zero attached hydrogens (tertiary/aromatic N) is 2. The Kier molecular flexibility index (Phi) is 5.87. The van der Waals surface area contributed by atoms with Crippen molar-refractivity contribution in [2.24, 2.45) is 0 Å². The van der Waals surface area contributed by atoms with Crippen molar-refractivity contribution in [3.63, 3.8) is 0 Å². The van der Waals surface area contributed by atoms with Crippen molar-refractivity contribution in [2.75, 3.05) is 32.7 Å². The van der Waals surface area contributed by atoms with Crippen molar-refractivity contribution in [1.82, 2.24) is 9.21 Å². The summed E-state index contributed by atoms with van der Waals surface area (Å²) in [5.41, 5.74) is -1.16. The maximum atomic E-state index is 12.9. The van der Waals surface area contributed by atoms with Gasteiger partial charge in [0, 0.05) is 37.8 Å². The lowest BCUT2D eigenvalue weighted by molar-refractivity contribution is -0.137. The van der Waals surface area contributed by atoms with Gasteiger partial charge in [0.1, 0.15) is 0 Å². The zero-order chi connectivity index (χ0) is 18.1. The molecule has 1 aromatic carbocycles. The van der Waals surface area contributed by atoms with Crippen molar-refractivity contribution in [1.29, 1.82) is 0 Å². The molecule has 0 atom stereocenters. The summed E-state index contributed by atoms with van der Waals surface area (Å²) in [5, 5.41) is -0.0919. The Hall–Kier alpha value is -0.800. The van der Waals surface area contributed by atoms with Gasteiger partial charge < -0.3 is 0 Å². The summed E-state index contributed by atoms with van der Waals surface area (Å²) in [4.78, 5) is 1.50. The lowest BCUT2D eigenvalue weighted by atomic mass is 10.2. The third-order valence-electron chi connectivity index (χ3n) is 3.61. The molecule has 0 bridgehead atoms. The molecule has 4 nitrogen and oxygen atoms in total. The summed E-state index contributed by atoms with van der Waals surface area (Å²) in [6.07, 6.45) is -4.72. The standard InChI is InChI=1S/C14H15Cl2F3N2O2S/c1-10(15)9-20-4-6-21(7-5-20)24(22,23)11-2-3-13(16)12(8-11)14(17,18)19/h2-3,8H,1,4-7,9H2. The average molecular weight is 403 g/mol. The molecule has 0 unspecified atom stereocenters. The van der Waals surface area contributed by atoms with E-state index in [0.717, 1.165) is 16.4 Å². The van der Waals surface area contributed by atoms with Gasteiger partial charge in [-0.3, -0.25) is 4.90 Å². The second-order valence-electron chi connectivity index (χ2n) is 5.34. The highest BCUT2D eigenvalue weighted by atomic mass is 35.5. The number of piperazine rings is 1. The van der Waals surface area contributed by atoms with Crippen LogP contribution in [0.3, 0.4) is 0 Å². The van der Waals surface area contributed by atoms with Crippen molar-refractivity contribution in [2.45, 2.75) is 11.1 Å². The lowest BCUT2D eigenvalue weighted by Crippen LogP contribution is -2.48. The van der Waals surface area contributed by atoms with Crippen molar-refractivity contribution in [3.05, 3.63) is 40.4 Å². The average Bonchev–Trinajstić information content (AvgIpc) is 2.46. The van der Waals surface area contributed by atoms with Crippen LogP contribution in [0.25, 0.3) is 0 Å². The van der Waals surface area contributed by atoms with Crippen LogP contribution in [0.1, 0.15) is 5.56 Å². The van der Waals surface area contributed by atoms with Crippen LogP contribution in [0.5, 0.6) is 0 Å². The monoisotopic (exact) mass is 402 g/mol. The van der Waals surface area contributed by atoms with Crippen molar-refractivity contribution >= 4 is 33.2 Å². The fourth-order valence-corrected chi connectivity index (χ4v) is 4.24. The van der Waals surface area contributed by atoms with Gasteiger partial charge in [-0.2, -0.15) is 17.5 Å². The van der Waals surface area contributed by atoms with Crippen LogP contribution in [0.2, 0.25) is 5.02 Å². The number of hydrogen-bond acceptors (Lipinski definition) is 3. The summed E-state index contributed by atoms with van der Waals surface area (Å²) in [6.45, 7) is 5.19. The topological polar surface area (TPSA) is 40.6 Å². The smallest absolute Gasteiger partial charge is 0.296 e. The fourth-order valence-electron chi connectivity index (χ4n) is 2.40. The first-order valence-electron chi connectivity index (χ1n) is 6.94. The highest BCUT2D eigenvalue weighted by Gasteiger charge is 2.36. The van der Waals surface area contributed by atoms with E-state index in [2.05, 4.69) is 6.58 Å². The molecule has 0 amide bonds. The van der Waals surface area contributed by atoms with E-state index in [4.69, 9.17) is 23.2 Å². The zero-order valence-corrected chi connectivity index (χ0v) is 14.8. The number of hydrogen-bond donors (Lipinski definition) is 0. The van der Waals surface area contributed by atoms with Gasteiger partial charge in [0.2, 0.25) is 10.0 Å². The molecule has 1 fully saturated rings. The van der Waals surface area contributed by atoms with Gasteiger partial charge in [-0.25, -0.2) is 8.42 Å². The first kappa shape index (κ1) is 19.5. The predicted octanol–water partition coefficient (Wildman–Crippen LogP) is 3.42. The van der Waals surface area contributed by atoms with Crippen LogP contribution in [0.4, 0.5) is 13.2 Å². The van der Waals surface area contributed by atoms with E-state index in [9.17, 15) is 21.6 Å². The second-order valence-corrected chi connectivity index (χ2v) is 8.22. The summed E-state index contributed by atoms with van der Waals surface area (Å²) < 4.78 is 65.0. The quantitative estimate of drug-likeness (QED) is 0.774. The van der Waals surface area contributed by atoms with Crippen LogP contribution in [0.15, 0.2) is 34.7 Å². The van der Waals surface area contributed by atoms with Gasteiger partial charge in [-0.1, -0.05) is 29.8 Å². The largest absolute Gasteiger partial charge is 0.417 e. The predicted molar refractivity (Wildman–Crippen MR) is 86.6 cm³/mol. The summed E-state index contributed by atoms with van der Waals surface area (Å²) in [7, 11) is -4.02. The molecule has 1 aromatic rings. The SMILES string of the molecule is C=C(Cl)CN1CCN(S(=O)(=O)c2ccc(Cl)c(C(F)(F)F)c2)CC1. The minimum Gasteiger partial charge on any atom is -0.296 e. The van der Waals surface area contributed by atoms with Crippen LogP contribution < -0.4 is 0 Å². The molecule has 0 aromatic heterocycles. The molecule has 2 rings (SSSR count). The van der Waals surface area contributed by atoms with E-state index in [1.807, 2.05) is 4.90 Å². The van der Waals surface area contributed by atoms with E-state index >= 15 is 0 Å². The van der Waals surface area contributed by atoms with E-state index in [0.29, 0.717) is 30.7 Å². The Morgan fingerprint density at radius 1 is 1.21 bits per heavy atom. The Balaban J connectivity index is 2.21. The Labute approximate surface area is 148 Å². The normalized spacial score (nSPS) is 17.9. The number of rotatable bonds is 4. The molecule has 0 saturated carbocycles. The molecule has 1 heterocycles. The molecule has 1 aliphatic rings. The zero-order valence-electron chi connectivity index (χ0n) is 12.5. The first-order valence-corrected chi connectivity index (χ1v) is 9.14. The van der Waals surface area contributed by atoms with E-state index in [1.165, 1.54) is 0 Å². The molecule has 0 spiro atoms. The molecule has 0 N–H and O–H groups in total. The van der Waals surface area contributed by atoms with E-state index < -0.39 is 31.7 Å².